The van der Waals surface area contributed by atoms with Crippen LogP contribution in [0.2, 0.25) is 0 Å². The summed E-state index contributed by atoms with van der Waals surface area (Å²) in [5.74, 6) is -3.13. The van der Waals surface area contributed by atoms with Gasteiger partial charge in [0.15, 0.2) is 0 Å². The molecule has 4 rings (SSSR count). The second-order valence-corrected chi connectivity index (χ2v) is 10.6. The van der Waals surface area contributed by atoms with E-state index in [0.29, 0.717) is 25.1 Å². The quantitative estimate of drug-likeness (QED) is 0.293. The Morgan fingerprint density at radius 1 is 1.00 bits per heavy atom. The van der Waals surface area contributed by atoms with Crippen LogP contribution in [0.25, 0.3) is 0 Å². The van der Waals surface area contributed by atoms with E-state index < -0.39 is 41.5 Å². The molecule has 1 saturated carbocycles. The SMILES string of the molecule is Cc1cnc(C(=O)N[C@@H](CC2CCCCC2)C(=O)N[C@@H](CC2CCNC2=O)C(=O)C(=O)NCc2ccccc2)o1. The van der Waals surface area contributed by atoms with Crippen molar-refractivity contribution in [2.75, 3.05) is 6.54 Å². The predicted octanol–water partition coefficient (Wildman–Crippen LogP) is 1.95. The first-order valence-electron chi connectivity index (χ1n) is 14.0. The molecule has 2 aliphatic rings. The number of hydrogen-bond donors (Lipinski definition) is 4. The number of hydrogen-bond acceptors (Lipinski definition) is 7. The molecule has 2 fully saturated rings. The molecule has 0 radical (unpaired) electrons. The molecule has 2 aromatic rings. The Hall–Kier alpha value is -4.02. The van der Waals surface area contributed by atoms with Crippen LogP contribution in [-0.2, 0) is 25.7 Å². The minimum Gasteiger partial charge on any atom is -0.438 e. The highest BCUT2D eigenvalue weighted by Crippen LogP contribution is 2.28. The fourth-order valence-electron chi connectivity index (χ4n) is 5.35. The van der Waals surface area contributed by atoms with Crippen LogP contribution >= 0.6 is 0 Å². The van der Waals surface area contributed by atoms with Crippen molar-refractivity contribution in [3.63, 3.8) is 0 Å². The molecule has 3 atom stereocenters. The molecule has 11 heteroatoms. The van der Waals surface area contributed by atoms with Gasteiger partial charge in [0.2, 0.25) is 17.6 Å². The Morgan fingerprint density at radius 3 is 2.40 bits per heavy atom. The largest absolute Gasteiger partial charge is 0.438 e. The Morgan fingerprint density at radius 2 is 1.75 bits per heavy atom. The molecule has 1 aromatic heterocycles. The van der Waals surface area contributed by atoms with Crippen molar-refractivity contribution in [1.82, 2.24) is 26.3 Å². The highest BCUT2D eigenvalue weighted by Gasteiger charge is 2.36. The highest BCUT2D eigenvalue weighted by atomic mass is 16.4. The molecular formula is C29H37N5O6. The van der Waals surface area contributed by atoms with Gasteiger partial charge in [-0.05, 0) is 37.7 Å². The number of aromatic nitrogens is 1. The number of aryl methyl sites for hydroxylation is 1. The maximum atomic E-state index is 13.6. The Kier molecular flexibility index (Phi) is 10.0. The molecule has 40 heavy (non-hydrogen) atoms. The second-order valence-electron chi connectivity index (χ2n) is 10.6. The van der Waals surface area contributed by atoms with Crippen molar-refractivity contribution in [3.05, 3.63) is 53.7 Å². The molecule has 0 spiro atoms. The number of nitrogens with zero attached hydrogens (tertiary/aromatic N) is 1. The molecular weight excluding hydrogens is 514 g/mol. The van der Waals surface area contributed by atoms with Gasteiger partial charge in [-0.1, -0.05) is 62.4 Å². The maximum absolute atomic E-state index is 13.6. The fraction of sp³-hybridized carbons (Fsp3) is 0.517. The van der Waals surface area contributed by atoms with E-state index in [1.165, 1.54) is 6.20 Å². The van der Waals surface area contributed by atoms with E-state index in [1.807, 2.05) is 30.3 Å². The number of nitrogens with one attached hydrogen (secondary N) is 4. The van der Waals surface area contributed by atoms with Crippen molar-refractivity contribution >= 4 is 29.4 Å². The molecule has 1 aliphatic carbocycles. The number of carbonyl (C=O) groups is 5. The lowest BCUT2D eigenvalue weighted by Crippen LogP contribution is -2.55. The molecule has 1 unspecified atom stereocenters. The summed E-state index contributed by atoms with van der Waals surface area (Å²) in [5, 5.41) is 10.8. The topological polar surface area (TPSA) is 160 Å². The molecule has 2 heterocycles. The van der Waals surface area contributed by atoms with E-state index in [4.69, 9.17) is 4.42 Å². The van der Waals surface area contributed by atoms with Crippen molar-refractivity contribution in [2.45, 2.75) is 76.9 Å². The number of ketones is 1. The van der Waals surface area contributed by atoms with Crippen molar-refractivity contribution < 1.29 is 28.4 Å². The summed E-state index contributed by atoms with van der Waals surface area (Å²) in [6, 6.07) is 6.94. The van der Waals surface area contributed by atoms with E-state index in [0.717, 1.165) is 37.7 Å². The molecule has 1 aromatic carbocycles. The average Bonchev–Trinajstić information content (AvgIpc) is 3.59. The first kappa shape index (κ1) is 29.0. The number of oxazole rings is 1. The summed E-state index contributed by atoms with van der Waals surface area (Å²) < 4.78 is 5.32. The van der Waals surface area contributed by atoms with E-state index in [2.05, 4.69) is 26.3 Å². The summed E-state index contributed by atoms with van der Waals surface area (Å²) >= 11 is 0. The monoisotopic (exact) mass is 551 g/mol. The Bertz CT molecular complexity index is 1210. The lowest BCUT2D eigenvalue weighted by molar-refractivity contribution is -0.141. The van der Waals surface area contributed by atoms with Gasteiger partial charge in [0.05, 0.1) is 12.2 Å². The Balaban J connectivity index is 1.48. The number of carbonyl (C=O) groups excluding carboxylic acids is 5. The fourth-order valence-corrected chi connectivity index (χ4v) is 5.35. The standard InChI is InChI=1S/C29H37N5O6/c1-18-16-32-29(40-18)28(39)34-23(14-19-8-4-2-5-9-19)26(37)33-22(15-21-12-13-30-25(21)36)24(35)27(38)31-17-20-10-6-3-7-11-20/h3,6-7,10-11,16,19,21-23H,2,4-5,8-9,12-15,17H2,1H3,(H,30,36)(H,31,38)(H,33,37)(H,34,39)/t21?,22-,23-/m0/s1. The van der Waals surface area contributed by atoms with Crippen LogP contribution in [0.3, 0.4) is 0 Å². The van der Waals surface area contributed by atoms with Crippen LogP contribution in [0.1, 0.15) is 73.4 Å². The molecule has 214 valence electrons. The van der Waals surface area contributed by atoms with Crippen LogP contribution in [-0.4, -0.2) is 53.0 Å². The van der Waals surface area contributed by atoms with Crippen molar-refractivity contribution in [2.24, 2.45) is 11.8 Å². The van der Waals surface area contributed by atoms with Crippen LogP contribution in [0.4, 0.5) is 0 Å². The highest BCUT2D eigenvalue weighted by molar-refractivity contribution is 6.38. The first-order chi connectivity index (χ1) is 19.3. The van der Waals surface area contributed by atoms with E-state index >= 15 is 0 Å². The van der Waals surface area contributed by atoms with Crippen LogP contribution in [0.15, 0.2) is 40.9 Å². The van der Waals surface area contributed by atoms with Crippen LogP contribution in [0.5, 0.6) is 0 Å². The normalized spacial score (nSPS) is 18.8. The molecule has 4 amide bonds. The third-order valence-corrected chi connectivity index (χ3v) is 7.57. The zero-order chi connectivity index (χ0) is 28.5. The van der Waals surface area contributed by atoms with Crippen LogP contribution < -0.4 is 21.3 Å². The summed E-state index contributed by atoms with van der Waals surface area (Å²) in [6.07, 6.45) is 7.37. The van der Waals surface area contributed by atoms with Gasteiger partial charge >= 0.3 is 5.91 Å². The lowest BCUT2D eigenvalue weighted by atomic mass is 9.84. The third kappa shape index (κ3) is 8.00. The van der Waals surface area contributed by atoms with Gasteiger partial charge in [-0.3, -0.25) is 24.0 Å². The molecule has 4 N–H and O–H groups in total. The van der Waals surface area contributed by atoms with Gasteiger partial charge < -0.3 is 25.7 Å². The first-order valence-corrected chi connectivity index (χ1v) is 14.0. The van der Waals surface area contributed by atoms with Gasteiger partial charge in [0.1, 0.15) is 11.8 Å². The van der Waals surface area contributed by atoms with E-state index in [9.17, 15) is 24.0 Å². The van der Waals surface area contributed by atoms with Gasteiger partial charge in [0, 0.05) is 19.0 Å². The third-order valence-electron chi connectivity index (χ3n) is 7.57. The number of benzene rings is 1. The Labute approximate surface area is 233 Å². The summed E-state index contributed by atoms with van der Waals surface area (Å²) in [5.41, 5.74) is 0.816. The molecule has 11 nitrogen and oxygen atoms in total. The van der Waals surface area contributed by atoms with Gasteiger partial charge in [-0.2, -0.15) is 0 Å². The summed E-state index contributed by atoms with van der Waals surface area (Å²) in [6.45, 7) is 2.27. The number of amides is 4. The smallest absolute Gasteiger partial charge is 0.307 e. The summed E-state index contributed by atoms with van der Waals surface area (Å²) in [4.78, 5) is 68.8. The van der Waals surface area contributed by atoms with Crippen molar-refractivity contribution in [1.29, 1.82) is 0 Å². The van der Waals surface area contributed by atoms with Crippen molar-refractivity contribution in [3.8, 4) is 0 Å². The van der Waals surface area contributed by atoms with Gasteiger partial charge in [0.25, 0.3) is 11.8 Å². The van der Waals surface area contributed by atoms with E-state index in [-0.39, 0.29) is 30.7 Å². The number of rotatable bonds is 12. The zero-order valence-electron chi connectivity index (χ0n) is 22.7. The minimum absolute atomic E-state index is 0.0157. The number of Topliss-reactive ketones (excluding diaryl/α,β-unsaturated/α-hetero) is 1. The van der Waals surface area contributed by atoms with Gasteiger partial charge in [-0.15, -0.1) is 0 Å². The van der Waals surface area contributed by atoms with Crippen LogP contribution in [0, 0.1) is 18.8 Å². The minimum atomic E-state index is -1.23. The lowest BCUT2D eigenvalue weighted by Gasteiger charge is -2.28. The maximum Gasteiger partial charge on any atom is 0.307 e. The average molecular weight is 552 g/mol. The zero-order valence-corrected chi connectivity index (χ0v) is 22.7. The second kappa shape index (κ2) is 13.9. The van der Waals surface area contributed by atoms with Gasteiger partial charge in [-0.25, -0.2) is 4.98 Å². The molecule has 1 saturated heterocycles. The van der Waals surface area contributed by atoms with E-state index in [1.54, 1.807) is 6.92 Å². The predicted molar refractivity (Wildman–Crippen MR) is 145 cm³/mol. The molecule has 1 aliphatic heterocycles. The molecule has 0 bridgehead atoms. The summed E-state index contributed by atoms with van der Waals surface area (Å²) in [7, 11) is 0.